The van der Waals surface area contributed by atoms with E-state index in [1.807, 2.05) is 50.1 Å². The molecule has 0 saturated heterocycles. The molecule has 5 nitrogen and oxygen atoms in total. The zero-order valence-corrected chi connectivity index (χ0v) is 17.9. The Bertz CT molecular complexity index is 1110. The third-order valence-corrected chi connectivity index (χ3v) is 7.29. The Balaban J connectivity index is 1.94. The van der Waals surface area contributed by atoms with Crippen molar-refractivity contribution in [1.82, 2.24) is 19.5 Å². The second-order valence-electron chi connectivity index (χ2n) is 6.71. The molecule has 4 aromatic heterocycles. The first-order valence-electron chi connectivity index (χ1n) is 9.36. The lowest BCUT2D eigenvalue weighted by Gasteiger charge is -2.09. The zero-order valence-electron chi connectivity index (χ0n) is 16.3. The molecule has 4 aromatic rings. The molecule has 0 atom stereocenters. The molecular formula is C21H23N5S2. The molecule has 0 unspecified atom stereocenters. The lowest BCUT2D eigenvalue weighted by molar-refractivity contribution is 0.865. The summed E-state index contributed by atoms with van der Waals surface area (Å²) in [5, 5.41) is 1.02. The van der Waals surface area contributed by atoms with Gasteiger partial charge in [0, 0.05) is 24.2 Å². The SMILES string of the molecule is CCCCSc1sc2nc(-c3ccccn3)cc(-c3cnc(C)n3C)c2c1N. The third-order valence-electron chi connectivity index (χ3n) is 4.82. The quantitative estimate of drug-likeness (QED) is 0.334. The van der Waals surface area contributed by atoms with Gasteiger partial charge in [-0.2, -0.15) is 0 Å². The number of rotatable bonds is 6. The van der Waals surface area contributed by atoms with Crippen molar-refractivity contribution in [2.24, 2.45) is 7.05 Å². The van der Waals surface area contributed by atoms with Gasteiger partial charge in [-0.3, -0.25) is 4.98 Å². The number of nitrogens with zero attached hydrogens (tertiary/aromatic N) is 4. The van der Waals surface area contributed by atoms with E-state index in [9.17, 15) is 0 Å². The van der Waals surface area contributed by atoms with Gasteiger partial charge in [0.25, 0.3) is 0 Å². The lowest BCUT2D eigenvalue weighted by atomic mass is 10.1. The second-order valence-corrected chi connectivity index (χ2v) is 9.07. The molecule has 0 aliphatic rings. The number of aryl methyl sites for hydroxylation is 1. The highest BCUT2D eigenvalue weighted by atomic mass is 32.2. The van der Waals surface area contributed by atoms with Crippen molar-refractivity contribution >= 4 is 39.0 Å². The number of aromatic nitrogens is 4. The maximum Gasteiger partial charge on any atom is 0.127 e. The van der Waals surface area contributed by atoms with Crippen LogP contribution in [0.2, 0.25) is 0 Å². The Labute approximate surface area is 173 Å². The predicted molar refractivity (Wildman–Crippen MR) is 120 cm³/mol. The summed E-state index contributed by atoms with van der Waals surface area (Å²) in [6, 6.07) is 7.97. The van der Waals surface area contributed by atoms with E-state index in [0.29, 0.717) is 0 Å². The molecule has 0 amide bonds. The number of thiophene rings is 1. The van der Waals surface area contributed by atoms with Crippen molar-refractivity contribution in [1.29, 1.82) is 0 Å². The van der Waals surface area contributed by atoms with Crippen molar-refractivity contribution in [3.63, 3.8) is 0 Å². The molecular weight excluding hydrogens is 386 g/mol. The van der Waals surface area contributed by atoms with Gasteiger partial charge in [0.15, 0.2) is 0 Å². The molecule has 2 N–H and O–H groups in total. The van der Waals surface area contributed by atoms with E-state index in [1.54, 1.807) is 17.5 Å². The first-order valence-corrected chi connectivity index (χ1v) is 11.2. The molecule has 0 bridgehead atoms. The van der Waals surface area contributed by atoms with Gasteiger partial charge in [-0.1, -0.05) is 19.4 Å². The fourth-order valence-corrected chi connectivity index (χ4v) is 5.57. The van der Waals surface area contributed by atoms with Crippen LogP contribution in [0.1, 0.15) is 25.6 Å². The number of nitrogen functional groups attached to an aromatic ring is 1. The number of imidazole rings is 1. The first-order chi connectivity index (χ1) is 13.6. The minimum atomic E-state index is 0.829. The maximum atomic E-state index is 6.61. The second kappa shape index (κ2) is 7.93. The number of unbranched alkanes of at least 4 members (excludes halogenated alkanes) is 1. The molecule has 0 aromatic carbocycles. The molecule has 28 heavy (non-hydrogen) atoms. The first kappa shape index (κ1) is 19.0. The molecule has 0 aliphatic heterocycles. The summed E-state index contributed by atoms with van der Waals surface area (Å²) in [6.45, 7) is 4.21. The highest BCUT2D eigenvalue weighted by Crippen LogP contribution is 2.45. The highest BCUT2D eigenvalue weighted by Gasteiger charge is 2.20. The minimum absolute atomic E-state index is 0.829. The summed E-state index contributed by atoms with van der Waals surface area (Å²) in [4.78, 5) is 14.8. The van der Waals surface area contributed by atoms with E-state index in [-0.39, 0.29) is 0 Å². The Hall–Kier alpha value is -2.38. The molecule has 0 radical (unpaired) electrons. The van der Waals surface area contributed by atoms with Crippen molar-refractivity contribution in [3.05, 3.63) is 42.5 Å². The van der Waals surface area contributed by atoms with E-state index >= 15 is 0 Å². The summed E-state index contributed by atoms with van der Waals surface area (Å²) in [5.74, 6) is 2.03. The summed E-state index contributed by atoms with van der Waals surface area (Å²) >= 11 is 3.50. The normalized spacial score (nSPS) is 11.4. The van der Waals surface area contributed by atoms with Gasteiger partial charge in [0.1, 0.15) is 10.7 Å². The van der Waals surface area contributed by atoms with Gasteiger partial charge in [-0.05, 0) is 37.3 Å². The van der Waals surface area contributed by atoms with Crippen LogP contribution in [0, 0.1) is 6.92 Å². The van der Waals surface area contributed by atoms with Crippen molar-refractivity contribution in [3.8, 4) is 22.6 Å². The molecule has 0 fully saturated rings. The number of pyridine rings is 2. The Kier molecular flexibility index (Phi) is 5.37. The highest BCUT2D eigenvalue weighted by molar-refractivity contribution is 8.01. The molecule has 4 heterocycles. The van der Waals surface area contributed by atoms with Crippen LogP contribution in [-0.2, 0) is 7.05 Å². The van der Waals surface area contributed by atoms with Crippen molar-refractivity contribution in [2.75, 3.05) is 11.5 Å². The topological polar surface area (TPSA) is 69.6 Å². The fourth-order valence-electron chi connectivity index (χ4n) is 3.12. The number of thioether (sulfide) groups is 1. The molecule has 0 saturated carbocycles. The van der Waals surface area contributed by atoms with Crippen molar-refractivity contribution < 1.29 is 0 Å². The van der Waals surface area contributed by atoms with E-state index in [1.165, 1.54) is 12.8 Å². The van der Waals surface area contributed by atoms with E-state index in [4.69, 9.17) is 10.7 Å². The van der Waals surface area contributed by atoms with Gasteiger partial charge < -0.3 is 10.3 Å². The third kappa shape index (κ3) is 3.40. The monoisotopic (exact) mass is 409 g/mol. The molecule has 4 rings (SSSR count). The lowest BCUT2D eigenvalue weighted by Crippen LogP contribution is -1.97. The maximum absolute atomic E-state index is 6.61. The van der Waals surface area contributed by atoms with Crippen LogP contribution >= 0.6 is 23.1 Å². The summed E-state index contributed by atoms with van der Waals surface area (Å²) in [5.41, 5.74) is 11.2. The van der Waals surface area contributed by atoms with Gasteiger partial charge in [-0.25, -0.2) is 9.97 Å². The number of fused-ring (bicyclic) bond motifs is 1. The molecule has 0 aliphatic carbocycles. The molecule has 0 spiro atoms. The average molecular weight is 410 g/mol. The number of hydrogen-bond donors (Lipinski definition) is 1. The predicted octanol–water partition coefficient (Wildman–Crippen LogP) is 5.54. The molecule has 7 heteroatoms. The summed E-state index contributed by atoms with van der Waals surface area (Å²) in [6.07, 6.45) is 6.06. The fraction of sp³-hybridized carbons (Fsp3) is 0.286. The number of nitrogens with two attached hydrogens (primary N) is 1. The van der Waals surface area contributed by atoms with Crippen LogP contribution < -0.4 is 5.73 Å². The largest absolute Gasteiger partial charge is 0.397 e. The Morgan fingerprint density at radius 2 is 2.07 bits per heavy atom. The number of anilines is 1. The van der Waals surface area contributed by atoms with E-state index in [0.717, 1.165) is 54.3 Å². The number of hydrogen-bond acceptors (Lipinski definition) is 6. The van der Waals surface area contributed by atoms with Crippen LogP contribution in [0.15, 0.2) is 40.9 Å². The van der Waals surface area contributed by atoms with Gasteiger partial charge in [-0.15, -0.1) is 23.1 Å². The Morgan fingerprint density at radius 1 is 1.21 bits per heavy atom. The minimum Gasteiger partial charge on any atom is -0.397 e. The van der Waals surface area contributed by atoms with Crippen LogP contribution in [0.3, 0.4) is 0 Å². The Morgan fingerprint density at radius 3 is 2.75 bits per heavy atom. The zero-order chi connectivity index (χ0) is 19.7. The van der Waals surface area contributed by atoms with Crippen molar-refractivity contribution in [2.45, 2.75) is 30.9 Å². The summed E-state index contributed by atoms with van der Waals surface area (Å²) < 4.78 is 3.24. The van der Waals surface area contributed by atoms with Crippen LogP contribution in [0.25, 0.3) is 32.9 Å². The van der Waals surface area contributed by atoms with Crippen LogP contribution in [-0.4, -0.2) is 25.3 Å². The molecule has 144 valence electrons. The van der Waals surface area contributed by atoms with Gasteiger partial charge >= 0.3 is 0 Å². The van der Waals surface area contributed by atoms with Crippen LogP contribution in [0.4, 0.5) is 5.69 Å². The van der Waals surface area contributed by atoms with Crippen LogP contribution in [0.5, 0.6) is 0 Å². The smallest absolute Gasteiger partial charge is 0.127 e. The van der Waals surface area contributed by atoms with Gasteiger partial charge in [0.05, 0.1) is 33.2 Å². The van der Waals surface area contributed by atoms with E-state index < -0.39 is 0 Å². The van der Waals surface area contributed by atoms with Gasteiger partial charge in [0.2, 0.25) is 0 Å². The standard InChI is InChI=1S/C21H23N5S2/c1-4-5-10-27-21-19(22)18-14(17-12-24-13(2)26(17)3)11-16(25-20(18)28-21)15-8-6-7-9-23-15/h6-9,11-12H,4-5,10,22H2,1-3H3. The summed E-state index contributed by atoms with van der Waals surface area (Å²) in [7, 11) is 2.03. The average Bonchev–Trinajstić information content (AvgIpc) is 3.22. The van der Waals surface area contributed by atoms with E-state index in [2.05, 4.69) is 27.5 Å².